The number of amides is 1. The predicted octanol–water partition coefficient (Wildman–Crippen LogP) is 3.07. The van der Waals surface area contributed by atoms with Gasteiger partial charge in [0, 0.05) is 19.2 Å². The van der Waals surface area contributed by atoms with Crippen molar-refractivity contribution < 1.29 is 24.2 Å². The van der Waals surface area contributed by atoms with Crippen LogP contribution in [0.2, 0.25) is 0 Å². The molecule has 1 saturated heterocycles. The molecule has 0 aliphatic carbocycles. The van der Waals surface area contributed by atoms with Gasteiger partial charge in [-0.15, -0.1) is 0 Å². The third kappa shape index (κ3) is 3.64. The highest BCUT2D eigenvalue weighted by molar-refractivity contribution is 6.46. The summed E-state index contributed by atoms with van der Waals surface area (Å²) >= 11 is 0. The van der Waals surface area contributed by atoms with E-state index in [4.69, 9.17) is 9.47 Å². The molecule has 6 heteroatoms. The monoisotopic (exact) mass is 381 g/mol. The lowest BCUT2D eigenvalue weighted by molar-refractivity contribution is -0.140. The highest BCUT2D eigenvalue weighted by atomic mass is 16.5. The molecule has 1 aliphatic heterocycles. The average Bonchev–Trinajstić information content (AvgIpc) is 2.97. The Kier molecular flexibility index (Phi) is 5.80. The van der Waals surface area contributed by atoms with Gasteiger partial charge in [-0.05, 0) is 24.6 Å². The molecule has 1 aliphatic rings. The molecule has 1 unspecified atom stereocenters. The molecule has 2 aromatic carbocycles. The first kappa shape index (κ1) is 19.6. The van der Waals surface area contributed by atoms with Gasteiger partial charge in [-0.2, -0.15) is 0 Å². The van der Waals surface area contributed by atoms with Crippen LogP contribution in [0.5, 0.6) is 5.75 Å². The van der Waals surface area contributed by atoms with E-state index < -0.39 is 17.7 Å². The number of methoxy groups -OCH3 is 2. The van der Waals surface area contributed by atoms with Crippen molar-refractivity contribution in [1.29, 1.82) is 0 Å². The molecule has 0 aromatic heterocycles. The Balaban J connectivity index is 2.13. The van der Waals surface area contributed by atoms with Crippen LogP contribution >= 0.6 is 0 Å². The predicted molar refractivity (Wildman–Crippen MR) is 105 cm³/mol. The molecule has 3 rings (SSSR count). The molecule has 2 aromatic rings. The van der Waals surface area contributed by atoms with E-state index in [1.165, 1.54) is 12.0 Å². The van der Waals surface area contributed by atoms with Gasteiger partial charge in [0.25, 0.3) is 11.7 Å². The van der Waals surface area contributed by atoms with Crippen molar-refractivity contribution in [1.82, 2.24) is 4.90 Å². The first-order chi connectivity index (χ1) is 13.5. The van der Waals surface area contributed by atoms with E-state index in [0.29, 0.717) is 16.9 Å². The fraction of sp³-hybridized carbons (Fsp3) is 0.273. The zero-order valence-electron chi connectivity index (χ0n) is 16.1. The number of hydrogen-bond donors (Lipinski definition) is 1. The first-order valence-corrected chi connectivity index (χ1v) is 8.96. The number of ether oxygens (including phenoxy) is 2. The van der Waals surface area contributed by atoms with Gasteiger partial charge in [0.15, 0.2) is 0 Å². The summed E-state index contributed by atoms with van der Waals surface area (Å²) in [5, 5.41) is 10.9. The summed E-state index contributed by atoms with van der Waals surface area (Å²) < 4.78 is 10.3. The van der Waals surface area contributed by atoms with Crippen LogP contribution in [0.4, 0.5) is 0 Å². The van der Waals surface area contributed by atoms with Crippen molar-refractivity contribution in [3.8, 4) is 5.75 Å². The van der Waals surface area contributed by atoms with Crippen molar-refractivity contribution in [2.45, 2.75) is 13.0 Å². The van der Waals surface area contributed by atoms with Gasteiger partial charge in [-0.1, -0.05) is 42.0 Å². The molecule has 0 spiro atoms. The lowest BCUT2D eigenvalue weighted by Gasteiger charge is -2.25. The van der Waals surface area contributed by atoms with Gasteiger partial charge >= 0.3 is 0 Å². The maximum Gasteiger partial charge on any atom is 0.295 e. The van der Waals surface area contributed by atoms with Gasteiger partial charge < -0.3 is 19.5 Å². The Hall–Kier alpha value is -3.12. The molecular weight excluding hydrogens is 358 g/mol. The molecule has 1 heterocycles. The number of carbonyl (C=O) groups excluding carboxylic acids is 2. The Morgan fingerprint density at radius 1 is 1.04 bits per heavy atom. The van der Waals surface area contributed by atoms with Gasteiger partial charge in [-0.25, -0.2) is 0 Å². The molecular formula is C22H23NO5. The quantitative estimate of drug-likeness (QED) is 0.473. The molecule has 146 valence electrons. The van der Waals surface area contributed by atoms with Crippen molar-refractivity contribution in [3.63, 3.8) is 0 Å². The van der Waals surface area contributed by atoms with Crippen molar-refractivity contribution in [3.05, 3.63) is 70.8 Å². The second-order valence-electron chi connectivity index (χ2n) is 6.62. The van der Waals surface area contributed by atoms with Crippen LogP contribution in [-0.4, -0.2) is 49.1 Å². The molecule has 0 bridgehead atoms. The minimum absolute atomic E-state index is 0.0788. The number of carbonyl (C=O) groups is 2. The standard InChI is InChI=1S/C22H23NO5/c1-14-4-6-16(7-5-14)20(24)18-19(15-8-10-17(28-3)11-9-15)23(12-13-27-2)22(26)21(18)25/h4-11,19,24H,12-13H2,1-3H3. The number of Topliss-reactive ketones (excluding diaryl/α,β-unsaturated/α-hetero) is 1. The van der Waals surface area contributed by atoms with Crippen LogP contribution in [0.1, 0.15) is 22.7 Å². The molecule has 1 atom stereocenters. The number of aliphatic hydroxyl groups is 1. The summed E-state index contributed by atoms with van der Waals surface area (Å²) in [5.74, 6) is -0.864. The van der Waals surface area contributed by atoms with E-state index in [1.807, 2.05) is 19.1 Å². The first-order valence-electron chi connectivity index (χ1n) is 8.96. The lowest BCUT2D eigenvalue weighted by Crippen LogP contribution is -2.32. The van der Waals surface area contributed by atoms with Gasteiger partial charge in [0.1, 0.15) is 11.5 Å². The van der Waals surface area contributed by atoms with Crippen LogP contribution in [0, 0.1) is 6.92 Å². The summed E-state index contributed by atoms with van der Waals surface area (Å²) in [6.45, 7) is 2.46. The Morgan fingerprint density at radius 3 is 2.25 bits per heavy atom. The highest BCUT2D eigenvalue weighted by Crippen LogP contribution is 2.39. The zero-order valence-corrected chi connectivity index (χ0v) is 16.1. The van der Waals surface area contributed by atoms with Gasteiger partial charge in [0.05, 0.1) is 25.3 Å². The van der Waals surface area contributed by atoms with Crippen molar-refractivity contribution in [2.24, 2.45) is 0 Å². The number of rotatable bonds is 6. The smallest absolute Gasteiger partial charge is 0.295 e. The minimum atomic E-state index is -0.699. The zero-order chi connectivity index (χ0) is 20.3. The number of aliphatic hydroxyl groups excluding tert-OH is 1. The highest BCUT2D eigenvalue weighted by Gasteiger charge is 2.45. The van der Waals surface area contributed by atoms with Crippen LogP contribution < -0.4 is 4.74 Å². The summed E-state index contributed by atoms with van der Waals surface area (Å²) in [5.41, 5.74) is 2.32. The summed E-state index contributed by atoms with van der Waals surface area (Å²) in [6.07, 6.45) is 0. The summed E-state index contributed by atoms with van der Waals surface area (Å²) in [4.78, 5) is 26.9. The molecule has 0 radical (unpaired) electrons. The van der Waals surface area contributed by atoms with Crippen LogP contribution in [0.3, 0.4) is 0 Å². The van der Waals surface area contributed by atoms with E-state index in [0.717, 1.165) is 5.56 Å². The van der Waals surface area contributed by atoms with E-state index >= 15 is 0 Å². The minimum Gasteiger partial charge on any atom is -0.507 e. The van der Waals surface area contributed by atoms with Gasteiger partial charge in [0.2, 0.25) is 0 Å². The molecule has 6 nitrogen and oxygen atoms in total. The Labute approximate surface area is 164 Å². The number of benzene rings is 2. The van der Waals surface area contributed by atoms with Crippen LogP contribution in [-0.2, 0) is 14.3 Å². The van der Waals surface area contributed by atoms with Crippen LogP contribution in [0.15, 0.2) is 54.1 Å². The maximum atomic E-state index is 12.8. The fourth-order valence-corrected chi connectivity index (χ4v) is 3.30. The summed E-state index contributed by atoms with van der Waals surface area (Å²) in [6, 6.07) is 13.6. The molecule has 0 saturated carbocycles. The molecule has 1 amide bonds. The fourth-order valence-electron chi connectivity index (χ4n) is 3.30. The maximum absolute atomic E-state index is 12.8. The number of hydrogen-bond acceptors (Lipinski definition) is 5. The molecule has 1 fully saturated rings. The van der Waals surface area contributed by atoms with Gasteiger partial charge in [-0.3, -0.25) is 9.59 Å². The van der Waals surface area contributed by atoms with Crippen molar-refractivity contribution in [2.75, 3.05) is 27.4 Å². The third-order valence-electron chi connectivity index (χ3n) is 4.83. The Bertz CT molecular complexity index is 900. The van der Waals surface area contributed by atoms with E-state index in [2.05, 4.69) is 0 Å². The summed E-state index contributed by atoms with van der Waals surface area (Å²) in [7, 11) is 3.10. The molecule has 1 N–H and O–H groups in total. The van der Waals surface area contributed by atoms with E-state index in [-0.39, 0.29) is 24.5 Å². The number of ketones is 1. The van der Waals surface area contributed by atoms with Crippen LogP contribution in [0.25, 0.3) is 5.76 Å². The average molecular weight is 381 g/mol. The SMILES string of the molecule is COCCN1C(=O)C(=O)C(=C(O)c2ccc(C)cc2)C1c1ccc(OC)cc1. The largest absolute Gasteiger partial charge is 0.507 e. The number of likely N-dealkylation sites (tertiary alicyclic amines) is 1. The second-order valence-corrected chi connectivity index (χ2v) is 6.62. The topological polar surface area (TPSA) is 76.1 Å². The lowest BCUT2D eigenvalue weighted by atomic mass is 9.95. The normalized spacial score (nSPS) is 18.5. The number of nitrogens with zero attached hydrogens (tertiary/aromatic N) is 1. The second kappa shape index (κ2) is 8.27. The molecule has 28 heavy (non-hydrogen) atoms. The Morgan fingerprint density at radius 2 is 1.68 bits per heavy atom. The third-order valence-corrected chi connectivity index (χ3v) is 4.83. The number of aryl methyl sites for hydroxylation is 1. The van der Waals surface area contributed by atoms with E-state index in [9.17, 15) is 14.7 Å². The van der Waals surface area contributed by atoms with Crippen molar-refractivity contribution >= 4 is 17.4 Å². The van der Waals surface area contributed by atoms with E-state index in [1.54, 1.807) is 43.5 Å².